The van der Waals surface area contributed by atoms with Crippen LogP contribution in [0.15, 0.2) is 23.7 Å². The van der Waals surface area contributed by atoms with Crippen LogP contribution in [-0.4, -0.2) is 31.6 Å². The van der Waals surface area contributed by atoms with Crippen LogP contribution in [0.2, 0.25) is 5.02 Å². The maximum absolute atomic E-state index is 13.8. The van der Waals surface area contributed by atoms with Gasteiger partial charge in [-0.3, -0.25) is 9.48 Å². The summed E-state index contributed by atoms with van der Waals surface area (Å²) < 4.78 is 43.7. The minimum absolute atomic E-state index is 0.00801. The lowest BCUT2D eigenvalue weighted by molar-refractivity contribution is -0.173. The average molecular weight is 459 g/mol. The minimum Gasteiger partial charge on any atom is -0.361 e. The molecule has 0 aliphatic carbocycles. The third-order valence-corrected chi connectivity index (χ3v) is 6.52. The van der Waals surface area contributed by atoms with Gasteiger partial charge in [0.05, 0.1) is 12.2 Å². The number of fused-ring (bicyclic) bond motifs is 1. The molecule has 4 heterocycles. The standard InChI is InChI=1S/C18H18ClF3N6OS/c1-9-10(8-24-27(9)2)7-23-17(29)15-14(19)16-25-11(12-4-3-5-30-12)6-13(18(20,21)22)28(16)26-15/h3-5,8,11,13,25H,6-7H2,1-2H3,(H,23,29)/t11-,13+/m1/s1. The predicted molar refractivity (Wildman–Crippen MR) is 107 cm³/mol. The Morgan fingerprint density at radius 1 is 1.47 bits per heavy atom. The Morgan fingerprint density at radius 3 is 2.83 bits per heavy atom. The van der Waals surface area contributed by atoms with E-state index in [9.17, 15) is 18.0 Å². The fraction of sp³-hybridized carbons (Fsp3) is 0.389. The molecule has 0 spiro atoms. The largest absolute Gasteiger partial charge is 0.410 e. The lowest BCUT2D eigenvalue weighted by Crippen LogP contribution is -2.35. The summed E-state index contributed by atoms with van der Waals surface area (Å²) in [6.45, 7) is 2.00. The first-order chi connectivity index (χ1) is 14.2. The predicted octanol–water partition coefficient (Wildman–Crippen LogP) is 4.23. The molecule has 2 N–H and O–H groups in total. The Morgan fingerprint density at radius 2 is 2.23 bits per heavy atom. The van der Waals surface area contributed by atoms with Crippen molar-refractivity contribution in [2.24, 2.45) is 7.05 Å². The van der Waals surface area contributed by atoms with Crippen molar-refractivity contribution in [3.05, 3.63) is 50.6 Å². The van der Waals surface area contributed by atoms with E-state index in [0.717, 1.165) is 20.8 Å². The molecule has 1 aliphatic rings. The van der Waals surface area contributed by atoms with Crippen LogP contribution >= 0.6 is 22.9 Å². The van der Waals surface area contributed by atoms with Crippen molar-refractivity contribution in [1.29, 1.82) is 0 Å². The topological polar surface area (TPSA) is 76.8 Å². The molecule has 30 heavy (non-hydrogen) atoms. The summed E-state index contributed by atoms with van der Waals surface area (Å²) >= 11 is 7.66. The number of amides is 1. The van der Waals surface area contributed by atoms with Crippen LogP contribution in [0.4, 0.5) is 19.0 Å². The van der Waals surface area contributed by atoms with Gasteiger partial charge in [0.25, 0.3) is 5.91 Å². The molecule has 2 atom stereocenters. The Kier molecular flexibility index (Phi) is 5.27. The van der Waals surface area contributed by atoms with Gasteiger partial charge in [0.2, 0.25) is 0 Å². The van der Waals surface area contributed by atoms with E-state index < -0.39 is 24.2 Å². The first kappa shape index (κ1) is 20.7. The van der Waals surface area contributed by atoms with Gasteiger partial charge in [-0.2, -0.15) is 23.4 Å². The number of thiophene rings is 1. The van der Waals surface area contributed by atoms with Gasteiger partial charge in [-0.15, -0.1) is 11.3 Å². The van der Waals surface area contributed by atoms with Crippen LogP contribution in [0.25, 0.3) is 0 Å². The number of anilines is 1. The SMILES string of the molecule is Cc1c(CNC(=O)c2nn3c(c2Cl)N[C@@H](c2cccs2)C[C@H]3C(F)(F)F)cnn1C. The van der Waals surface area contributed by atoms with Gasteiger partial charge in [-0.25, -0.2) is 4.68 Å². The zero-order chi connectivity index (χ0) is 21.6. The number of rotatable bonds is 4. The van der Waals surface area contributed by atoms with Crippen molar-refractivity contribution in [3.63, 3.8) is 0 Å². The zero-order valence-corrected chi connectivity index (χ0v) is 17.6. The van der Waals surface area contributed by atoms with Crippen molar-refractivity contribution in [3.8, 4) is 0 Å². The summed E-state index contributed by atoms with van der Waals surface area (Å²) in [4.78, 5) is 13.4. The molecule has 1 amide bonds. The number of alkyl halides is 3. The van der Waals surface area contributed by atoms with Crippen molar-refractivity contribution < 1.29 is 18.0 Å². The zero-order valence-electron chi connectivity index (χ0n) is 16.0. The molecule has 0 fully saturated rings. The molecule has 0 aromatic carbocycles. The Hall–Kier alpha value is -2.53. The third-order valence-electron chi connectivity index (χ3n) is 5.17. The highest BCUT2D eigenvalue weighted by Gasteiger charge is 2.48. The summed E-state index contributed by atoms with van der Waals surface area (Å²) in [5.41, 5.74) is 1.40. The summed E-state index contributed by atoms with van der Waals surface area (Å²) in [6, 6.07) is 1.07. The Labute approximate surface area is 178 Å². The van der Waals surface area contributed by atoms with E-state index in [0.29, 0.717) is 0 Å². The number of aromatic nitrogens is 4. The van der Waals surface area contributed by atoms with Gasteiger partial charge < -0.3 is 10.6 Å². The lowest BCUT2D eigenvalue weighted by Gasteiger charge is -2.32. The van der Waals surface area contributed by atoms with Crippen molar-refractivity contribution in [2.45, 2.75) is 38.1 Å². The van der Waals surface area contributed by atoms with Crippen LogP contribution < -0.4 is 10.6 Å². The molecule has 1 aliphatic heterocycles. The van der Waals surface area contributed by atoms with Gasteiger partial charge in [0.1, 0.15) is 10.8 Å². The second-order valence-electron chi connectivity index (χ2n) is 7.02. The number of hydrogen-bond donors (Lipinski definition) is 2. The first-order valence-electron chi connectivity index (χ1n) is 9.07. The number of aryl methyl sites for hydroxylation is 1. The van der Waals surface area contributed by atoms with E-state index in [2.05, 4.69) is 20.8 Å². The average Bonchev–Trinajstić information content (AvgIpc) is 3.41. The van der Waals surface area contributed by atoms with E-state index in [1.165, 1.54) is 11.3 Å². The van der Waals surface area contributed by atoms with Gasteiger partial charge in [-0.1, -0.05) is 17.7 Å². The molecule has 0 saturated heterocycles. The van der Waals surface area contributed by atoms with E-state index in [1.54, 1.807) is 35.4 Å². The van der Waals surface area contributed by atoms with E-state index in [-0.39, 0.29) is 29.5 Å². The number of halogens is 4. The Balaban J connectivity index is 1.63. The summed E-state index contributed by atoms with van der Waals surface area (Å²) in [5, 5.41) is 15.4. The minimum atomic E-state index is -4.54. The number of carbonyl (C=O) groups excluding carboxylic acids is 1. The Bertz CT molecular complexity index is 1070. The highest BCUT2D eigenvalue weighted by Crippen LogP contribution is 2.46. The van der Waals surface area contributed by atoms with E-state index >= 15 is 0 Å². The van der Waals surface area contributed by atoms with Crippen LogP contribution in [0.1, 0.15) is 45.1 Å². The first-order valence-corrected chi connectivity index (χ1v) is 10.3. The summed E-state index contributed by atoms with van der Waals surface area (Å²) in [7, 11) is 1.77. The molecular formula is C18H18ClF3N6OS. The molecule has 0 unspecified atom stereocenters. The molecule has 0 saturated carbocycles. The van der Waals surface area contributed by atoms with Gasteiger partial charge in [-0.05, 0) is 18.4 Å². The maximum Gasteiger partial charge on any atom is 0.410 e. The lowest BCUT2D eigenvalue weighted by atomic mass is 10.0. The van der Waals surface area contributed by atoms with Crippen molar-refractivity contribution in [1.82, 2.24) is 24.9 Å². The quantitative estimate of drug-likeness (QED) is 0.613. The molecule has 4 rings (SSSR count). The summed E-state index contributed by atoms with van der Waals surface area (Å²) in [5.74, 6) is -0.660. The third kappa shape index (κ3) is 3.67. The molecule has 0 radical (unpaired) electrons. The number of nitrogens with one attached hydrogen (secondary N) is 2. The van der Waals surface area contributed by atoms with Gasteiger partial charge in [0, 0.05) is 36.1 Å². The molecule has 7 nitrogen and oxygen atoms in total. The second-order valence-corrected chi connectivity index (χ2v) is 8.38. The molecular weight excluding hydrogens is 441 g/mol. The fourth-order valence-corrected chi connectivity index (χ4v) is 4.44. The molecule has 3 aromatic heterocycles. The van der Waals surface area contributed by atoms with E-state index in [1.807, 2.05) is 6.92 Å². The molecule has 160 valence electrons. The molecule has 0 bridgehead atoms. The molecule has 12 heteroatoms. The number of nitrogens with zero attached hydrogens (tertiary/aromatic N) is 4. The monoisotopic (exact) mass is 458 g/mol. The van der Waals surface area contributed by atoms with Crippen LogP contribution in [-0.2, 0) is 13.6 Å². The van der Waals surface area contributed by atoms with Crippen LogP contribution in [0, 0.1) is 6.92 Å². The highest BCUT2D eigenvalue weighted by atomic mass is 35.5. The maximum atomic E-state index is 13.8. The van der Waals surface area contributed by atoms with Gasteiger partial charge in [0.15, 0.2) is 11.7 Å². The van der Waals surface area contributed by atoms with Crippen molar-refractivity contribution in [2.75, 3.05) is 5.32 Å². The van der Waals surface area contributed by atoms with Gasteiger partial charge >= 0.3 is 6.18 Å². The smallest absolute Gasteiger partial charge is 0.361 e. The van der Waals surface area contributed by atoms with Crippen molar-refractivity contribution >= 4 is 34.7 Å². The van der Waals surface area contributed by atoms with Crippen LogP contribution in [0.3, 0.4) is 0 Å². The van der Waals surface area contributed by atoms with Crippen LogP contribution in [0.5, 0.6) is 0 Å². The number of hydrogen-bond acceptors (Lipinski definition) is 5. The second kappa shape index (κ2) is 7.62. The number of carbonyl (C=O) groups is 1. The van der Waals surface area contributed by atoms with E-state index in [4.69, 9.17) is 11.6 Å². The highest BCUT2D eigenvalue weighted by molar-refractivity contribution is 7.10. The summed E-state index contributed by atoms with van der Waals surface area (Å²) in [6.07, 6.45) is -3.17. The normalized spacial score (nSPS) is 18.7. The molecule has 3 aromatic rings. The fourth-order valence-electron chi connectivity index (χ4n) is 3.39.